The van der Waals surface area contributed by atoms with Crippen LogP contribution in [0.15, 0.2) is 53.3 Å². The second kappa shape index (κ2) is 9.72. The zero-order valence-electron chi connectivity index (χ0n) is 20.8. The summed E-state index contributed by atoms with van der Waals surface area (Å²) in [4.78, 5) is 2.57. The predicted octanol–water partition coefficient (Wildman–Crippen LogP) is 6.71. The quantitative estimate of drug-likeness (QED) is 0.280. The van der Waals surface area contributed by atoms with Crippen LogP contribution >= 0.6 is 0 Å². The van der Waals surface area contributed by atoms with Crippen molar-refractivity contribution in [3.63, 3.8) is 0 Å². The zero-order chi connectivity index (χ0) is 24.2. The van der Waals surface area contributed by atoms with E-state index in [9.17, 15) is 10.5 Å². The maximum atomic E-state index is 9.33. The fourth-order valence-electron chi connectivity index (χ4n) is 4.67. The SMILES string of the molecule is CC/C=C/C(/C=C(/C=C/c1cc2c3c(c1)C(C)(C)CCN3CCC2(C)C)OC)=C(C#N)C#N. The largest absolute Gasteiger partial charge is 0.497 e. The Hall–Kier alpha value is -3.24. The van der Waals surface area contributed by atoms with E-state index in [4.69, 9.17) is 4.74 Å². The second-order valence-corrected chi connectivity index (χ2v) is 10.2. The van der Waals surface area contributed by atoms with Gasteiger partial charge in [0, 0.05) is 24.4 Å². The molecule has 172 valence electrons. The zero-order valence-corrected chi connectivity index (χ0v) is 20.8. The molecule has 0 amide bonds. The van der Waals surface area contributed by atoms with Crippen molar-refractivity contribution in [1.82, 2.24) is 0 Å². The number of allylic oxidation sites excluding steroid dienone is 6. The molecule has 0 atom stereocenters. The number of ether oxygens (including phenoxy) is 1. The van der Waals surface area contributed by atoms with Crippen LogP contribution in [-0.4, -0.2) is 20.2 Å². The molecule has 33 heavy (non-hydrogen) atoms. The molecule has 1 aromatic rings. The Morgan fingerprint density at radius 3 is 2.09 bits per heavy atom. The Labute approximate surface area is 199 Å². The number of methoxy groups -OCH3 is 1. The minimum absolute atomic E-state index is 0.0736. The lowest BCUT2D eigenvalue weighted by molar-refractivity contribution is 0.307. The summed E-state index contributed by atoms with van der Waals surface area (Å²) >= 11 is 0. The molecule has 2 heterocycles. The average molecular weight is 442 g/mol. The van der Waals surface area contributed by atoms with E-state index < -0.39 is 0 Å². The summed E-state index contributed by atoms with van der Waals surface area (Å²) in [6, 6.07) is 8.60. The van der Waals surface area contributed by atoms with Crippen LogP contribution in [0.5, 0.6) is 0 Å². The molecule has 2 aliphatic heterocycles. The van der Waals surface area contributed by atoms with Gasteiger partial charge < -0.3 is 9.64 Å². The monoisotopic (exact) mass is 441 g/mol. The third kappa shape index (κ3) is 5.07. The van der Waals surface area contributed by atoms with Crippen LogP contribution in [0.3, 0.4) is 0 Å². The van der Waals surface area contributed by atoms with Crippen molar-refractivity contribution in [1.29, 1.82) is 10.5 Å². The first-order valence-corrected chi connectivity index (χ1v) is 11.8. The highest BCUT2D eigenvalue weighted by Gasteiger charge is 2.39. The van der Waals surface area contributed by atoms with Crippen LogP contribution in [0.4, 0.5) is 5.69 Å². The molecule has 4 heteroatoms. The molecule has 0 aromatic heterocycles. The first kappa shape index (κ1) is 24.4. The normalized spacial score (nSPS) is 18.5. The fraction of sp³-hybridized carbons (Fsp3) is 0.448. The summed E-state index contributed by atoms with van der Waals surface area (Å²) in [6.07, 6.45) is 12.6. The van der Waals surface area contributed by atoms with Crippen molar-refractivity contribution in [2.75, 3.05) is 25.1 Å². The minimum Gasteiger partial charge on any atom is -0.497 e. The number of hydrogen-bond donors (Lipinski definition) is 0. The fourth-order valence-corrected chi connectivity index (χ4v) is 4.67. The Bertz CT molecular complexity index is 1060. The molecule has 0 N–H and O–H groups in total. The smallest absolute Gasteiger partial charge is 0.137 e. The lowest BCUT2D eigenvalue weighted by Gasteiger charge is -2.48. The summed E-state index contributed by atoms with van der Waals surface area (Å²) in [5.74, 6) is 0.597. The van der Waals surface area contributed by atoms with E-state index in [2.05, 4.69) is 50.8 Å². The van der Waals surface area contributed by atoms with Gasteiger partial charge >= 0.3 is 0 Å². The highest BCUT2D eigenvalue weighted by Crippen LogP contribution is 2.49. The molecular weight excluding hydrogens is 406 g/mol. The lowest BCUT2D eigenvalue weighted by atomic mass is 9.69. The van der Waals surface area contributed by atoms with Crippen molar-refractivity contribution in [2.45, 2.75) is 64.7 Å². The van der Waals surface area contributed by atoms with Gasteiger partial charge in [-0.3, -0.25) is 0 Å². The highest BCUT2D eigenvalue weighted by molar-refractivity contribution is 5.72. The molecule has 0 bridgehead atoms. The van der Waals surface area contributed by atoms with E-state index >= 15 is 0 Å². The molecule has 0 saturated heterocycles. The lowest BCUT2D eigenvalue weighted by Crippen LogP contribution is -2.44. The average Bonchev–Trinajstić information content (AvgIpc) is 2.79. The van der Waals surface area contributed by atoms with Crippen LogP contribution in [-0.2, 0) is 15.6 Å². The van der Waals surface area contributed by atoms with Crippen molar-refractivity contribution >= 4 is 11.8 Å². The summed E-state index contributed by atoms with van der Waals surface area (Å²) in [5.41, 5.74) is 6.32. The molecule has 2 aliphatic rings. The van der Waals surface area contributed by atoms with Crippen molar-refractivity contribution < 1.29 is 4.74 Å². The third-order valence-electron chi connectivity index (χ3n) is 6.94. The van der Waals surface area contributed by atoms with E-state index in [1.165, 1.54) is 16.8 Å². The van der Waals surface area contributed by atoms with Gasteiger partial charge in [0.15, 0.2) is 0 Å². The van der Waals surface area contributed by atoms with E-state index in [-0.39, 0.29) is 16.4 Å². The molecule has 0 fully saturated rings. The van der Waals surface area contributed by atoms with Crippen molar-refractivity contribution in [3.8, 4) is 12.1 Å². The summed E-state index contributed by atoms with van der Waals surface area (Å²) in [5, 5.41) is 18.7. The molecule has 0 saturated carbocycles. The predicted molar refractivity (Wildman–Crippen MR) is 136 cm³/mol. The van der Waals surface area contributed by atoms with Gasteiger partial charge in [-0.1, -0.05) is 52.8 Å². The maximum Gasteiger partial charge on any atom is 0.137 e. The Morgan fingerprint density at radius 1 is 1.03 bits per heavy atom. The molecule has 0 unspecified atom stereocenters. The van der Waals surface area contributed by atoms with Gasteiger partial charge in [-0.2, -0.15) is 10.5 Å². The van der Waals surface area contributed by atoms with Gasteiger partial charge in [-0.25, -0.2) is 0 Å². The number of nitriles is 2. The maximum absolute atomic E-state index is 9.33. The van der Waals surface area contributed by atoms with Gasteiger partial charge in [-0.05, 0) is 71.1 Å². The molecule has 4 nitrogen and oxygen atoms in total. The number of nitrogens with zero attached hydrogens (tertiary/aromatic N) is 3. The summed E-state index contributed by atoms with van der Waals surface area (Å²) in [6.45, 7) is 13.6. The molecule has 0 radical (unpaired) electrons. The van der Waals surface area contributed by atoms with Crippen LogP contribution in [0.1, 0.15) is 70.6 Å². The van der Waals surface area contributed by atoms with E-state index in [0.29, 0.717) is 11.3 Å². The third-order valence-corrected chi connectivity index (χ3v) is 6.94. The summed E-state index contributed by atoms with van der Waals surface area (Å²) in [7, 11) is 1.61. The molecule has 0 spiro atoms. The second-order valence-electron chi connectivity index (χ2n) is 10.2. The van der Waals surface area contributed by atoms with Gasteiger partial charge in [0.2, 0.25) is 0 Å². The Balaban J connectivity index is 2.08. The topological polar surface area (TPSA) is 60.0 Å². The molecular formula is C29H35N3O. The molecule has 1 aromatic carbocycles. The van der Waals surface area contributed by atoms with Crippen LogP contribution in [0.25, 0.3) is 6.08 Å². The van der Waals surface area contributed by atoms with Crippen LogP contribution < -0.4 is 4.90 Å². The number of benzene rings is 1. The van der Waals surface area contributed by atoms with Crippen LogP contribution in [0, 0.1) is 22.7 Å². The number of rotatable bonds is 6. The first-order valence-electron chi connectivity index (χ1n) is 11.8. The molecule has 3 rings (SSSR count). The van der Waals surface area contributed by atoms with Crippen molar-refractivity contribution in [2.24, 2.45) is 0 Å². The van der Waals surface area contributed by atoms with Crippen molar-refractivity contribution in [3.05, 3.63) is 70.0 Å². The van der Waals surface area contributed by atoms with E-state index in [0.717, 1.165) is 37.9 Å². The van der Waals surface area contributed by atoms with Gasteiger partial charge in [0.1, 0.15) is 23.5 Å². The van der Waals surface area contributed by atoms with E-state index in [1.54, 1.807) is 19.3 Å². The van der Waals surface area contributed by atoms with E-state index in [1.807, 2.05) is 31.2 Å². The van der Waals surface area contributed by atoms with Gasteiger partial charge in [0.05, 0.1) is 7.11 Å². The molecule has 0 aliphatic carbocycles. The van der Waals surface area contributed by atoms with Gasteiger partial charge in [0.25, 0.3) is 0 Å². The summed E-state index contributed by atoms with van der Waals surface area (Å²) < 4.78 is 5.58. The first-order chi connectivity index (χ1) is 15.7. The Kier molecular flexibility index (Phi) is 7.19. The standard InChI is InChI=1S/C29H35N3O/c1-7-8-9-22(23(19-30)20-31)18-24(33-6)11-10-21-16-25-27-26(17-21)29(4,5)13-15-32(27)14-12-28(25,2)3/h8-11,16-18H,7,12-15H2,1-6H3/b9-8+,11-10+,24-18-. The number of anilines is 1. The van der Waals surface area contributed by atoms with Gasteiger partial charge in [-0.15, -0.1) is 0 Å². The highest BCUT2D eigenvalue weighted by atomic mass is 16.5. The Morgan fingerprint density at radius 2 is 1.61 bits per heavy atom. The number of hydrogen-bond acceptors (Lipinski definition) is 4. The minimum atomic E-state index is 0.0736. The van der Waals surface area contributed by atoms with Crippen LogP contribution in [0.2, 0.25) is 0 Å².